The maximum absolute atomic E-state index is 12.3. The second-order valence-corrected chi connectivity index (χ2v) is 6.31. The van der Waals surface area contributed by atoms with Gasteiger partial charge < -0.3 is 15.3 Å². The molecule has 1 aromatic rings. The average Bonchev–Trinajstić information content (AvgIpc) is 2.88. The van der Waals surface area contributed by atoms with E-state index in [1.807, 2.05) is 31.2 Å². The SMILES string of the molecule is CCc1ccccc1N1CC(C(=O)NC(C)(C)C(=O)O)CC1=O. The van der Waals surface area contributed by atoms with Crippen LogP contribution in [0.25, 0.3) is 0 Å². The molecule has 1 aromatic carbocycles. The molecule has 0 spiro atoms. The van der Waals surface area contributed by atoms with Crippen molar-refractivity contribution in [3.05, 3.63) is 29.8 Å². The number of carbonyl (C=O) groups excluding carboxylic acids is 2. The molecule has 0 bridgehead atoms. The third-order valence-corrected chi connectivity index (χ3v) is 4.13. The van der Waals surface area contributed by atoms with Crippen LogP contribution in [0.1, 0.15) is 32.8 Å². The van der Waals surface area contributed by atoms with Gasteiger partial charge in [0.15, 0.2) is 0 Å². The van der Waals surface area contributed by atoms with Gasteiger partial charge in [0, 0.05) is 18.7 Å². The Hall–Kier alpha value is -2.37. The molecule has 6 nitrogen and oxygen atoms in total. The minimum absolute atomic E-state index is 0.0968. The first-order valence-corrected chi connectivity index (χ1v) is 7.70. The lowest BCUT2D eigenvalue weighted by molar-refractivity contribution is -0.146. The van der Waals surface area contributed by atoms with Crippen molar-refractivity contribution in [1.82, 2.24) is 5.32 Å². The number of nitrogens with one attached hydrogen (secondary N) is 1. The van der Waals surface area contributed by atoms with E-state index in [1.165, 1.54) is 13.8 Å². The molecule has 1 aliphatic rings. The van der Waals surface area contributed by atoms with E-state index in [2.05, 4.69) is 5.32 Å². The van der Waals surface area contributed by atoms with Crippen molar-refractivity contribution in [1.29, 1.82) is 0 Å². The van der Waals surface area contributed by atoms with Crippen LogP contribution in [0.4, 0.5) is 5.69 Å². The van der Waals surface area contributed by atoms with Crippen LogP contribution in [-0.4, -0.2) is 35.0 Å². The molecule has 0 radical (unpaired) electrons. The van der Waals surface area contributed by atoms with Gasteiger partial charge in [-0.05, 0) is 31.9 Å². The zero-order valence-corrected chi connectivity index (χ0v) is 13.6. The molecular weight excluding hydrogens is 296 g/mol. The molecular formula is C17H22N2O4. The lowest BCUT2D eigenvalue weighted by Gasteiger charge is -2.23. The molecule has 1 aliphatic heterocycles. The Morgan fingerprint density at radius 3 is 2.61 bits per heavy atom. The standard InChI is InChI=1S/C17H22N2O4/c1-4-11-7-5-6-8-13(11)19-10-12(9-14(19)20)15(21)18-17(2,3)16(22)23/h5-8,12H,4,9-10H2,1-3H3,(H,18,21)(H,22,23). The van der Waals surface area contributed by atoms with E-state index in [9.17, 15) is 14.4 Å². The number of amides is 2. The topological polar surface area (TPSA) is 86.7 Å². The second kappa shape index (κ2) is 6.40. The number of hydrogen-bond acceptors (Lipinski definition) is 3. The molecule has 0 aliphatic carbocycles. The number of aliphatic carboxylic acids is 1. The molecule has 6 heteroatoms. The van der Waals surface area contributed by atoms with Crippen LogP contribution in [0.3, 0.4) is 0 Å². The molecule has 124 valence electrons. The molecule has 1 atom stereocenters. The summed E-state index contributed by atoms with van der Waals surface area (Å²) >= 11 is 0. The molecule has 0 aromatic heterocycles. The first-order chi connectivity index (χ1) is 10.8. The number of para-hydroxylation sites is 1. The molecule has 1 fully saturated rings. The van der Waals surface area contributed by atoms with Crippen LogP contribution < -0.4 is 10.2 Å². The minimum atomic E-state index is -1.35. The monoisotopic (exact) mass is 318 g/mol. The Kier molecular flexibility index (Phi) is 4.73. The van der Waals surface area contributed by atoms with Gasteiger partial charge in [0.1, 0.15) is 5.54 Å². The van der Waals surface area contributed by atoms with Gasteiger partial charge in [-0.1, -0.05) is 25.1 Å². The van der Waals surface area contributed by atoms with Gasteiger partial charge in [-0.2, -0.15) is 0 Å². The van der Waals surface area contributed by atoms with Crippen LogP contribution in [0.2, 0.25) is 0 Å². The Labute approximate surface area is 135 Å². The Morgan fingerprint density at radius 2 is 2.00 bits per heavy atom. The first-order valence-electron chi connectivity index (χ1n) is 7.70. The van der Waals surface area contributed by atoms with Gasteiger partial charge in [-0.25, -0.2) is 4.79 Å². The Balaban J connectivity index is 2.14. The number of benzene rings is 1. The van der Waals surface area contributed by atoms with Gasteiger partial charge in [-0.15, -0.1) is 0 Å². The summed E-state index contributed by atoms with van der Waals surface area (Å²) in [5, 5.41) is 11.6. The number of carbonyl (C=O) groups is 3. The fraction of sp³-hybridized carbons (Fsp3) is 0.471. The van der Waals surface area contributed by atoms with Crippen molar-refractivity contribution in [3.8, 4) is 0 Å². The Bertz CT molecular complexity index is 639. The first kappa shape index (κ1) is 17.0. The number of rotatable bonds is 5. The molecule has 0 saturated carbocycles. The molecule has 2 rings (SSSR count). The molecule has 1 heterocycles. The quantitative estimate of drug-likeness (QED) is 0.863. The summed E-state index contributed by atoms with van der Waals surface area (Å²) < 4.78 is 0. The molecule has 2 amide bonds. The van der Waals surface area contributed by atoms with Crippen LogP contribution in [0, 0.1) is 5.92 Å². The average molecular weight is 318 g/mol. The number of carboxylic acids is 1. The van der Waals surface area contributed by atoms with Crippen molar-refractivity contribution in [2.45, 2.75) is 39.2 Å². The van der Waals surface area contributed by atoms with Crippen LogP contribution in [0.15, 0.2) is 24.3 Å². The van der Waals surface area contributed by atoms with E-state index in [0.29, 0.717) is 0 Å². The van der Waals surface area contributed by atoms with Crippen molar-refractivity contribution in [2.24, 2.45) is 5.92 Å². The van der Waals surface area contributed by atoms with Gasteiger partial charge in [-0.3, -0.25) is 9.59 Å². The number of carboxylic acid groups (broad SMARTS) is 1. The summed E-state index contributed by atoms with van der Waals surface area (Å²) in [4.78, 5) is 37.3. The van der Waals surface area contributed by atoms with E-state index in [4.69, 9.17) is 5.11 Å². The fourth-order valence-corrected chi connectivity index (χ4v) is 2.65. The normalized spacial score (nSPS) is 18.1. The predicted octanol–water partition coefficient (Wildman–Crippen LogP) is 1.58. The highest BCUT2D eigenvalue weighted by Gasteiger charge is 2.39. The smallest absolute Gasteiger partial charge is 0.328 e. The van der Waals surface area contributed by atoms with E-state index >= 15 is 0 Å². The second-order valence-electron chi connectivity index (χ2n) is 6.31. The summed E-state index contributed by atoms with van der Waals surface area (Å²) in [5.74, 6) is -2.16. The Morgan fingerprint density at radius 1 is 1.35 bits per heavy atom. The van der Waals surface area contributed by atoms with Gasteiger partial charge in [0.05, 0.1) is 5.92 Å². The summed E-state index contributed by atoms with van der Waals surface area (Å²) in [6.07, 6.45) is 0.891. The van der Waals surface area contributed by atoms with Crippen molar-refractivity contribution < 1.29 is 19.5 Å². The third-order valence-electron chi connectivity index (χ3n) is 4.13. The highest BCUT2D eigenvalue weighted by atomic mass is 16.4. The number of hydrogen-bond donors (Lipinski definition) is 2. The number of nitrogens with zero attached hydrogens (tertiary/aromatic N) is 1. The van der Waals surface area contributed by atoms with E-state index in [-0.39, 0.29) is 18.9 Å². The maximum Gasteiger partial charge on any atom is 0.328 e. The third kappa shape index (κ3) is 3.52. The highest BCUT2D eigenvalue weighted by Crippen LogP contribution is 2.28. The number of anilines is 1. The van der Waals surface area contributed by atoms with Gasteiger partial charge in [0.2, 0.25) is 11.8 Å². The van der Waals surface area contributed by atoms with Crippen molar-refractivity contribution in [3.63, 3.8) is 0 Å². The minimum Gasteiger partial charge on any atom is -0.480 e. The van der Waals surface area contributed by atoms with Crippen LogP contribution in [-0.2, 0) is 20.8 Å². The predicted molar refractivity (Wildman–Crippen MR) is 86.1 cm³/mol. The largest absolute Gasteiger partial charge is 0.480 e. The summed E-state index contributed by atoms with van der Waals surface area (Å²) in [5.41, 5.74) is 0.523. The summed E-state index contributed by atoms with van der Waals surface area (Å²) in [6, 6.07) is 7.62. The van der Waals surface area contributed by atoms with Gasteiger partial charge in [0.25, 0.3) is 0 Å². The molecule has 2 N–H and O–H groups in total. The number of aryl methyl sites for hydroxylation is 1. The summed E-state index contributed by atoms with van der Waals surface area (Å²) in [6.45, 7) is 5.14. The maximum atomic E-state index is 12.3. The van der Waals surface area contributed by atoms with Crippen molar-refractivity contribution >= 4 is 23.5 Å². The van der Waals surface area contributed by atoms with E-state index < -0.39 is 23.3 Å². The van der Waals surface area contributed by atoms with E-state index in [0.717, 1.165) is 17.7 Å². The zero-order chi connectivity index (χ0) is 17.2. The van der Waals surface area contributed by atoms with E-state index in [1.54, 1.807) is 4.90 Å². The van der Waals surface area contributed by atoms with Crippen LogP contribution >= 0.6 is 0 Å². The lowest BCUT2D eigenvalue weighted by atomic mass is 10.0. The molecule has 1 saturated heterocycles. The zero-order valence-electron chi connectivity index (χ0n) is 13.6. The molecule has 1 unspecified atom stereocenters. The molecule has 23 heavy (non-hydrogen) atoms. The lowest BCUT2D eigenvalue weighted by Crippen LogP contribution is -2.51. The van der Waals surface area contributed by atoms with Crippen LogP contribution in [0.5, 0.6) is 0 Å². The fourth-order valence-electron chi connectivity index (χ4n) is 2.65. The summed E-state index contributed by atoms with van der Waals surface area (Å²) in [7, 11) is 0. The van der Waals surface area contributed by atoms with Crippen molar-refractivity contribution in [2.75, 3.05) is 11.4 Å². The van der Waals surface area contributed by atoms with Gasteiger partial charge >= 0.3 is 5.97 Å². The highest BCUT2D eigenvalue weighted by molar-refractivity contribution is 6.01.